The molecule has 0 aliphatic carbocycles. The van der Waals surface area contributed by atoms with Gasteiger partial charge in [0, 0.05) is 32.3 Å². The number of nitrogens with one attached hydrogen (secondary N) is 1. The monoisotopic (exact) mass is 423 g/mol. The number of carbonyl (C=O) groups is 2. The lowest BCUT2D eigenvalue weighted by Gasteiger charge is -2.14. The quantitative estimate of drug-likeness (QED) is 0.599. The predicted octanol–water partition coefficient (Wildman–Crippen LogP) is 3.06. The minimum atomic E-state index is -0.373. The van der Waals surface area contributed by atoms with Gasteiger partial charge in [0.1, 0.15) is 5.69 Å². The maximum atomic E-state index is 12.4. The number of hydrogen-bond acceptors (Lipinski definition) is 6. The first kappa shape index (κ1) is 21.9. The number of ether oxygens (including phenoxy) is 2. The molecule has 1 aromatic heterocycles. The SMILES string of the molecule is COc1cc(CNC(=O)c2cc(-c3ccc(C)cc3)no2)ccc1OCC(=O)N(C)C. The molecule has 0 aliphatic rings. The number of hydrogen-bond donors (Lipinski definition) is 1. The molecular weight excluding hydrogens is 398 g/mol. The zero-order valence-corrected chi connectivity index (χ0v) is 18.0. The van der Waals surface area contributed by atoms with Crippen molar-refractivity contribution in [3.8, 4) is 22.8 Å². The lowest BCUT2D eigenvalue weighted by Crippen LogP contribution is -2.27. The van der Waals surface area contributed by atoms with Crippen molar-refractivity contribution in [3.63, 3.8) is 0 Å². The zero-order chi connectivity index (χ0) is 22.4. The number of amides is 2. The Hall–Kier alpha value is -3.81. The molecule has 2 amide bonds. The van der Waals surface area contributed by atoms with Gasteiger partial charge < -0.3 is 24.2 Å². The topological polar surface area (TPSA) is 93.9 Å². The Bertz CT molecular complexity index is 1060. The lowest BCUT2D eigenvalue weighted by atomic mass is 10.1. The minimum Gasteiger partial charge on any atom is -0.493 e. The molecule has 8 nitrogen and oxygen atoms in total. The van der Waals surface area contributed by atoms with Crippen molar-refractivity contribution in [2.45, 2.75) is 13.5 Å². The molecule has 0 saturated carbocycles. The second-order valence-corrected chi connectivity index (χ2v) is 7.19. The van der Waals surface area contributed by atoms with E-state index >= 15 is 0 Å². The van der Waals surface area contributed by atoms with Gasteiger partial charge in [-0.2, -0.15) is 0 Å². The van der Waals surface area contributed by atoms with E-state index in [9.17, 15) is 9.59 Å². The van der Waals surface area contributed by atoms with Crippen LogP contribution in [-0.2, 0) is 11.3 Å². The number of likely N-dealkylation sites (N-methyl/N-ethyl adjacent to an activating group) is 1. The summed E-state index contributed by atoms with van der Waals surface area (Å²) >= 11 is 0. The van der Waals surface area contributed by atoms with Crippen LogP contribution in [0, 0.1) is 6.92 Å². The fraction of sp³-hybridized carbons (Fsp3) is 0.261. The second kappa shape index (κ2) is 9.80. The molecule has 0 radical (unpaired) electrons. The molecule has 3 rings (SSSR count). The predicted molar refractivity (Wildman–Crippen MR) is 115 cm³/mol. The van der Waals surface area contributed by atoms with E-state index in [2.05, 4.69) is 10.5 Å². The average Bonchev–Trinajstić information content (AvgIpc) is 3.26. The van der Waals surface area contributed by atoms with E-state index in [1.165, 1.54) is 12.0 Å². The summed E-state index contributed by atoms with van der Waals surface area (Å²) in [6, 6.07) is 14.6. The standard InChI is InChI=1S/C23H25N3O5/c1-15-5-8-17(9-6-15)18-12-21(31-25-18)23(28)24-13-16-7-10-19(20(11-16)29-4)30-14-22(27)26(2)3/h5-12H,13-14H2,1-4H3,(H,24,28). The molecule has 0 saturated heterocycles. The molecule has 3 aromatic rings. The number of nitrogens with zero attached hydrogens (tertiary/aromatic N) is 2. The number of carbonyl (C=O) groups excluding carboxylic acids is 2. The van der Waals surface area contributed by atoms with Crippen LogP contribution in [0.1, 0.15) is 21.7 Å². The van der Waals surface area contributed by atoms with E-state index in [4.69, 9.17) is 14.0 Å². The van der Waals surface area contributed by atoms with E-state index in [0.717, 1.165) is 16.7 Å². The lowest BCUT2D eigenvalue weighted by molar-refractivity contribution is -0.130. The highest BCUT2D eigenvalue weighted by atomic mass is 16.5. The first-order chi connectivity index (χ1) is 14.9. The Morgan fingerprint density at radius 1 is 1.06 bits per heavy atom. The molecular formula is C23H25N3O5. The number of rotatable bonds is 8. The summed E-state index contributed by atoms with van der Waals surface area (Å²) in [6.07, 6.45) is 0. The van der Waals surface area contributed by atoms with E-state index in [-0.39, 0.29) is 30.7 Å². The van der Waals surface area contributed by atoms with Gasteiger partial charge in [-0.1, -0.05) is 41.1 Å². The molecule has 1 N–H and O–H groups in total. The summed E-state index contributed by atoms with van der Waals surface area (Å²) in [7, 11) is 4.83. The normalized spacial score (nSPS) is 10.5. The van der Waals surface area contributed by atoms with Crippen LogP contribution in [0.3, 0.4) is 0 Å². The highest BCUT2D eigenvalue weighted by Crippen LogP contribution is 2.28. The number of methoxy groups -OCH3 is 1. The van der Waals surface area contributed by atoms with Crippen LogP contribution in [0.5, 0.6) is 11.5 Å². The van der Waals surface area contributed by atoms with E-state index in [1.54, 1.807) is 38.4 Å². The third-order valence-corrected chi connectivity index (χ3v) is 4.61. The van der Waals surface area contributed by atoms with Crippen molar-refractivity contribution in [1.29, 1.82) is 0 Å². The van der Waals surface area contributed by atoms with Crippen LogP contribution in [-0.4, -0.2) is 49.7 Å². The molecule has 0 bridgehead atoms. The largest absolute Gasteiger partial charge is 0.493 e. The fourth-order valence-electron chi connectivity index (χ4n) is 2.72. The smallest absolute Gasteiger partial charge is 0.290 e. The van der Waals surface area contributed by atoms with Crippen LogP contribution in [0.25, 0.3) is 11.3 Å². The molecule has 1 heterocycles. The van der Waals surface area contributed by atoms with Gasteiger partial charge in [0.2, 0.25) is 5.76 Å². The first-order valence-electron chi connectivity index (χ1n) is 9.69. The van der Waals surface area contributed by atoms with E-state index in [1.807, 2.05) is 31.2 Å². The molecule has 0 unspecified atom stereocenters. The van der Waals surface area contributed by atoms with Crippen molar-refractivity contribution >= 4 is 11.8 Å². The van der Waals surface area contributed by atoms with Gasteiger partial charge >= 0.3 is 0 Å². The summed E-state index contributed by atoms with van der Waals surface area (Å²) < 4.78 is 16.1. The third-order valence-electron chi connectivity index (χ3n) is 4.61. The summed E-state index contributed by atoms with van der Waals surface area (Å²) in [6.45, 7) is 2.17. The van der Waals surface area contributed by atoms with Gasteiger partial charge in [0.25, 0.3) is 11.8 Å². The van der Waals surface area contributed by atoms with Crippen LogP contribution in [0.2, 0.25) is 0 Å². The summed E-state index contributed by atoms with van der Waals surface area (Å²) in [5, 5.41) is 6.77. The molecule has 0 fully saturated rings. The average molecular weight is 423 g/mol. The second-order valence-electron chi connectivity index (χ2n) is 7.19. The van der Waals surface area contributed by atoms with Crippen LogP contribution in [0.15, 0.2) is 53.1 Å². The van der Waals surface area contributed by atoms with Crippen LogP contribution in [0.4, 0.5) is 0 Å². The third kappa shape index (κ3) is 5.63. The van der Waals surface area contributed by atoms with Crippen molar-refractivity contribution in [1.82, 2.24) is 15.4 Å². The molecule has 162 valence electrons. The van der Waals surface area contributed by atoms with Crippen molar-refractivity contribution in [2.24, 2.45) is 0 Å². The maximum Gasteiger partial charge on any atom is 0.290 e. The van der Waals surface area contributed by atoms with Gasteiger partial charge in [-0.25, -0.2) is 0 Å². The Balaban J connectivity index is 1.61. The van der Waals surface area contributed by atoms with E-state index in [0.29, 0.717) is 17.2 Å². The van der Waals surface area contributed by atoms with Crippen molar-refractivity contribution < 1.29 is 23.6 Å². The Labute approximate surface area is 180 Å². The Morgan fingerprint density at radius 2 is 1.81 bits per heavy atom. The molecule has 2 aromatic carbocycles. The number of aromatic nitrogens is 1. The van der Waals surface area contributed by atoms with Gasteiger partial charge in [0.15, 0.2) is 18.1 Å². The van der Waals surface area contributed by atoms with Gasteiger partial charge in [-0.15, -0.1) is 0 Å². The number of aryl methyl sites for hydroxylation is 1. The molecule has 0 aliphatic heterocycles. The molecule has 8 heteroatoms. The highest BCUT2D eigenvalue weighted by Gasteiger charge is 2.15. The van der Waals surface area contributed by atoms with Gasteiger partial charge in [-0.3, -0.25) is 9.59 Å². The summed E-state index contributed by atoms with van der Waals surface area (Å²) in [5.41, 5.74) is 3.41. The van der Waals surface area contributed by atoms with Gasteiger partial charge in [0.05, 0.1) is 7.11 Å². The maximum absolute atomic E-state index is 12.4. The zero-order valence-electron chi connectivity index (χ0n) is 18.0. The molecule has 31 heavy (non-hydrogen) atoms. The highest BCUT2D eigenvalue weighted by molar-refractivity contribution is 5.92. The van der Waals surface area contributed by atoms with E-state index < -0.39 is 0 Å². The van der Waals surface area contributed by atoms with Crippen molar-refractivity contribution in [3.05, 3.63) is 65.4 Å². The van der Waals surface area contributed by atoms with Gasteiger partial charge in [-0.05, 0) is 24.6 Å². The molecule has 0 spiro atoms. The van der Waals surface area contributed by atoms with Crippen LogP contribution >= 0.6 is 0 Å². The molecule has 0 atom stereocenters. The summed E-state index contributed by atoms with van der Waals surface area (Å²) in [4.78, 5) is 25.6. The number of benzene rings is 2. The first-order valence-corrected chi connectivity index (χ1v) is 9.69. The minimum absolute atomic E-state index is 0.0890. The fourth-order valence-corrected chi connectivity index (χ4v) is 2.72. The van der Waals surface area contributed by atoms with Crippen molar-refractivity contribution in [2.75, 3.05) is 27.8 Å². The Morgan fingerprint density at radius 3 is 2.48 bits per heavy atom. The summed E-state index contributed by atoms with van der Waals surface area (Å²) in [5.74, 6) is 0.521. The Kier molecular flexibility index (Phi) is 6.92. The van der Waals surface area contributed by atoms with Crippen LogP contribution < -0.4 is 14.8 Å².